The molecule has 1 saturated heterocycles. The predicted molar refractivity (Wildman–Crippen MR) is 97.8 cm³/mol. The minimum Gasteiger partial charge on any atom is -0.338 e. The van der Waals surface area contributed by atoms with Crippen LogP contribution in [0.1, 0.15) is 62.9 Å². The van der Waals surface area contributed by atoms with Crippen LogP contribution in [-0.4, -0.2) is 39.9 Å². The van der Waals surface area contributed by atoms with Crippen LogP contribution in [0.15, 0.2) is 4.79 Å². The van der Waals surface area contributed by atoms with Crippen molar-refractivity contribution in [2.75, 3.05) is 13.1 Å². The number of halogens is 1. The molecule has 0 aliphatic carbocycles. The standard InChI is InChI=1S/C17H28N4O2.ClH/c1-10-12(13(22)20-15(19-10)16(2,3)4)14(23)21-8-7-11(18)17(5,6)9-21;/h11H,7-9,18H2,1-6H3,(H,19,20,22);1H. The van der Waals surface area contributed by atoms with E-state index in [1.807, 2.05) is 20.8 Å². The predicted octanol–water partition coefficient (Wildman–Crippen LogP) is 2.00. The van der Waals surface area contributed by atoms with Gasteiger partial charge in [-0.2, -0.15) is 0 Å². The number of nitrogens with two attached hydrogens (primary N) is 1. The van der Waals surface area contributed by atoms with E-state index >= 15 is 0 Å². The highest BCUT2D eigenvalue weighted by molar-refractivity contribution is 5.95. The maximum Gasteiger partial charge on any atom is 0.264 e. The first-order chi connectivity index (χ1) is 10.4. The van der Waals surface area contributed by atoms with Crippen molar-refractivity contribution in [3.8, 4) is 0 Å². The topological polar surface area (TPSA) is 92.1 Å². The van der Waals surface area contributed by atoms with Crippen LogP contribution in [0.25, 0.3) is 0 Å². The van der Waals surface area contributed by atoms with Gasteiger partial charge >= 0.3 is 0 Å². The summed E-state index contributed by atoms with van der Waals surface area (Å²) in [6, 6.07) is 0.0623. The van der Waals surface area contributed by atoms with Crippen molar-refractivity contribution in [3.63, 3.8) is 0 Å². The quantitative estimate of drug-likeness (QED) is 0.804. The van der Waals surface area contributed by atoms with E-state index in [1.54, 1.807) is 11.8 Å². The fourth-order valence-corrected chi connectivity index (χ4v) is 2.90. The summed E-state index contributed by atoms with van der Waals surface area (Å²) in [5.41, 5.74) is 5.96. The monoisotopic (exact) mass is 356 g/mol. The molecular formula is C17H29ClN4O2. The third-order valence-corrected chi connectivity index (χ3v) is 4.62. The van der Waals surface area contributed by atoms with Gasteiger partial charge in [0.2, 0.25) is 0 Å². The molecule has 2 heterocycles. The van der Waals surface area contributed by atoms with Gasteiger partial charge in [-0.05, 0) is 18.8 Å². The molecule has 2 rings (SSSR count). The van der Waals surface area contributed by atoms with Crippen molar-refractivity contribution in [2.45, 2.75) is 59.4 Å². The normalized spacial score (nSPS) is 20.5. The lowest BCUT2D eigenvalue weighted by Crippen LogP contribution is -2.54. The molecule has 1 amide bonds. The van der Waals surface area contributed by atoms with Gasteiger partial charge in [0.1, 0.15) is 11.4 Å². The first-order valence-electron chi connectivity index (χ1n) is 8.10. The van der Waals surface area contributed by atoms with Crippen LogP contribution in [0.3, 0.4) is 0 Å². The summed E-state index contributed by atoms with van der Waals surface area (Å²) in [5, 5.41) is 0. The maximum atomic E-state index is 12.8. The summed E-state index contributed by atoms with van der Waals surface area (Å²) >= 11 is 0. The second-order valence-electron chi connectivity index (χ2n) is 8.24. The Hall–Kier alpha value is -1.40. The summed E-state index contributed by atoms with van der Waals surface area (Å²) in [7, 11) is 0. The molecule has 1 aromatic rings. The van der Waals surface area contributed by atoms with Gasteiger partial charge in [-0.15, -0.1) is 12.4 Å². The van der Waals surface area contributed by atoms with Crippen molar-refractivity contribution in [1.82, 2.24) is 14.9 Å². The first kappa shape index (κ1) is 20.6. The molecule has 24 heavy (non-hydrogen) atoms. The van der Waals surface area contributed by atoms with Gasteiger partial charge < -0.3 is 15.6 Å². The van der Waals surface area contributed by atoms with E-state index in [2.05, 4.69) is 23.8 Å². The Labute approximate surface area is 149 Å². The largest absolute Gasteiger partial charge is 0.338 e. The smallest absolute Gasteiger partial charge is 0.264 e. The number of rotatable bonds is 1. The molecule has 0 spiro atoms. The summed E-state index contributed by atoms with van der Waals surface area (Å²) in [6.07, 6.45) is 0.739. The molecule has 1 aliphatic rings. The lowest BCUT2D eigenvalue weighted by Gasteiger charge is -2.42. The molecule has 0 aromatic carbocycles. The van der Waals surface area contributed by atoms with Gasteiger partial charge in [0.15, 0.2) is 0 Å². The van der Waals surface area contributed by atoms with Crippen LogP contribution in [0.4, 0.5) is 0 Å². The number of aryl methyl sites for hydroxylation is 1. The summed E-state index contributed by atoms with van der Waals surface area (Å²) in [5.74, 6) is 0.342. The van der Waals surface area contributed by atoms with Crippen LogP contribution in [0.2, 0.25) is 0 Å². The average Bonchev–Trinajstić information content (AvgIpc) is 2.39. The van der Waals surface area contributed by atoms with Gasteiger partial charge in [0, 0.05) is 24.5 Å². The lowest BCUT2D eigenvalue weighted by molar-refractivity contribution is 0.0530. The van der Waals surface area contributed by atoms with E-state index < -0.39 is 0 Å². The highest BCUT2D eigenvalue weighted by atomic mass is 35.5. The molecule has 0 bridgehead atoms. The van der Waals surface area contributed by atoms with Crippen molar-refractivity contribution in [1.29, 1.82) is 0 Å². The zero-order chi connectivity index (χ0) is 17.6. The Morgan fingerprint density at radius 3 is 2.42 bits per heavy atom. The Morgan fingerprint density at radius 2 is 1.96 bits per heavy atom. The molecule has 1 aromatic heterocycles. The fourth-order valence-electron chi connectivity index (χ4n) is 2.90. The van der Waals surface area contributed by atoms with Crippen molar-refractivity contribution >= 4 is 18.3 Å². The molecule has 1 unspecified atom stereocenters. The zero-order valence-electron chi connectivity index (χ0n) is 15.4. The van der Waals surface area contributed by atoms with Crippen molar-refractivity contribution in [3.05, 3.63) is 27.4 Å². The van der Waals surface area contributed by atoms with Gasteiger partial charge in [0.05, 0.1) is 5.69 Å². The van der Waals surface area contributed by atoms with Crippen molar-refractivity contribution in [2.24, 2.45) is 11.1 Å². The maximum absolute atomic E-state index is 12.8. The number of carbonyl (C=O) groups is 1. The number of nitrogens with zero attached hydrogens (tertiary/aromatic N) is 2. The number of H-pyrrole nitrogens is 1. The number of hydrogen-bond acceptors (Lipinski definition) is 4. The van der Waals surface area contributed by atoms with Gasteiger partial charge in [-0.1, -0.05) is 34.6 Å². The molecule has 0 radical (unpaired) electrons. The second-order valence-corrected chi connectivity index (χ2v) is 8.24. The lowest BCUT2D eigenvalue weighted by atomic mass is 9.79. The number of aromatic nitrogens is 2. The fraction of sp³-hybridized carbons (Fsp3) is 0.706. The van der Waals surface area contributed by atoms with E-state index in [0.717, 1.165) is 6.42 Å². The van der Waals surface area contributed by atoms with E-state index in [4.69, 9.17) is 5.73 Å². The third-order valence-electron chi connectivity index (χ3n) is 4.62. The molecule has 1 atom stereocenters. The van der Waals surface area contributed by atoms with Crippen molar-refractivity contribution < 1.29 is 4.79 Å². The Balaban J connectivity index is 0.00000288. The third kappa shape index (κ3) is 3.98. The number of aromatic amines is 1. The number of likely N-dealkylation sites (tertiary alicyclic amines) is 1. The highest BCUT2D eigenvalue weighted by Crippen LogP contribution is 2.28. The van der Waals surface area contributed by atoms with Crippen LogP contribution in [-0.2, 0) is 5.41 Å². The minimum absolute atomic E-state index is 0. The molecule has 136 valence electrons. The molecule has 1 fully saturated rings. The van der Waals surface area contributed by atoms with E-state index in [-0.39, 0.29) is 46.3 Å². The SMILES string of the molecule is Cc1nc(C(C)(C)C)[nH]c(=O)c1C(=O)N1CCC(N)C(C)(C)C1.Cl. The highest BCUT2D eigenvalue weighted by Gasteiger charge is 2.36. The number of nitrogens with one attached hydrogen (secondary N) is 1. The van der Waals surface area contributed by atoms with E-state index in [0.29, 0.717) is 24.6 Å². The number of piperidine rings is 1. The molecule has 6 nitrogen and oxygen atoms in total. The van der Waals surface area contributed by atoms with Gasteiger partial charge in [0.25, 0.3) is 11.5 Å². The Morgan fingerprint density at radius 1 is 1.38 bits per heavy atom. The first-order valence-corrected chi connectivity index (χ1v) is 8.10. The van der Waals surface area contributed by atoms with Crippen LogP contribution in [0, 0.1) is 12.3 Å². The Kier molecular flexibility index (Phi) is 5.89. The van der Waals surface area contributed by atoms with Gasteiger partial charge in [-0.25, -0.2) is 4.98 Å². The van der Waals surface area contributed by atoms with Gasteiger partial charge in [-0.3, -0.25) is 9.59 Å². The summed E-state index contributed by atoms with van der Waals surface area (Å²) in [4.78, 5) is 34.2. The van der Waals surface area contributed by atoms with Crippen LogP contribution in [0.5, 0.6) is 0 Å². The molecule has 1 aliphatic heterocycles. The van der Waals surface area contributed by atoms with E-state index in [9.17, 15) is 9.59 Å². The summed E-state index contributed by atoms with van der Waals surface area (Å²) < 4.78 is 0. The average molecular weight is 357 g/mol. The molecular weight excluding hydrogens is 328 g/mol. The number of amides is 1. The zero-order valence-corrected chi connectivity index (χ0v) is 16.2. The number of carbonyl (C=O) groups excluding carboxylic acids is 1. The number of hydrogen-bond donors (Lipinski definition) is 2. The van der Waals surface area contributed by atoms with Crippen LogP contribution >= 0.6 is 12.4 Å². The Bertz CT molecular complexity index is 676. The second kappa shape index (κ2) is 6.84. The molecule has 3 N–H and O–H groups in total. The van der Waals surface area contributed by atoms with E-state index in [1.165, 1.54) is 0 Å². The minimum atomic E-state index is -0.361. The van der Waals surface area contributed by atoms with Crippen LogP contribution < -0.4 is 11.3 Å². The molecule has 7 heteroatoms. The molecule has 0 saturated carbocycles. The summed E-state index contributed by atoms with van der Waals surface area (Å²) in [6.45, 7) is 12.9.